The molecule has 0 radical (unpaired) electrons. The Balaban J connectivity index is 0.778. The number of methoxy groups -OCH3 is 1. The van der Waals surface area contributed by atoms with Crippen molar-refractivity contribution in [1.82, 2.24) is 35.0 Å². The molecule has 5 aromatic rings. The SMILES string of the molecule is CCc1cccc2cc(OCOC)cc(-c3ncc4c(N5CC6CCC(C5)N6C(=O)OC(C)(C)C)nc(OCC5(CN6CCC(F)(CN7CCN(c8cc(F)c(C9CCC(=O)NC9=O)c(F)c8)CC7)CC6)CC5)nc4c3F)c12. The number of aromatic nitrogens is 3. The molecule has 6 fully saturated rings. The summed E-state index contributed by atoms with van der Waals surface area (Å²) < 4.78 is 88.6. The third kappa shape index (κ3) is 11.0. The van der Waals surface area contributed by atoms with Gasteiger partial charge in [0.15, 0.2) is 12.6 Å². The number of nitrogens with one attached hydrogen (secondary N) is 1. The van der Waals surface area contributed by atoms with Gasteiger partial charge in [-0.2, -0.15) is 9.97 Å². The van der Waals surface area contributed by atoms with Gasteiger partial charge in [-0.05, 0) is 113 Å². The van der Waals surface area contributed by atoms with E-state index in [1.807, 2.05) is 54.8 Å². The predicted molar refractivity (Wildman–Crippen MR) is 286 cm³/mol. The number of anilines is 2. The first-order chi connectivity index (χ1) is 37.4. The standard InChI is InChI=1S/C58H69F4N9O7/c1-6-35-8-7-9-36-24-40(77-34-75-5)27-42(47(35)36)50-49(61)51-43(28-63-50)52(70-29-37-10-11-38(30-70)71(37)55(74)78-56(2,3)4)66-54(65-51)76-33-57(14-15-57)31-67-18-16-58(62,17-19-67)32-68-20-22-69(23-21-68)39-25-44(59)48(45(60)26-39)41-12-13-46(72)64-53(41)73/h7-9,24-28,37-38,41H,6,10-23,29-34H2,1-5H3,(H,64,72,73). The van der Waals surface area contributed by atoms with E-state index in [0.29, 0.717) is 106 Å². The molecule has 3 aromatic carbocycles. The second kappa shape index (κ2) is 21.3. The van der Waals surface area contributed by atoms with E-state index < -0.39 is 46.5 Å². The van der Waals surface area contributed by atoms with Crippen molar-refractivity contribution in [2.24, 2.45) is 5.41 Å². The Morgan fingerprint density at radius 1 is 0.846 bits per heavy atom. The molecule has 5 saturated heterocycles. The average Bonchev–Trinajstić information content (AvgIpc) is 4.27. The molecule has 16 nitrogen and oxygen atoms in total. The number of likely N-dealkylation sites (tertiary alicyclic amines) is 1. The van der Waals surface area contributed by atoms with Crippen molar-refractivity contribution in [1.29, 1.82) is 0 Å². The van der Waals surface area contributed by atoms with Crippen LogP contribution in [0.2, 0.25) is 0 Å². The molecule has 3 amide bonds. The van der Waals surface area contributed by atoms with Gasteiger partial charge in [-0.3, -0.25) is 29.7 Å². The molecular formula is C58H69F4N9O7. The van der Waals surface area contributed by atoms with Crippen LogP contribution >= 0.6 is 0 Å². The Labute approximate surface area is 451 Å². The van der Waals surface area contributed by atoms with Crippen molar-refractivity contribution >= 4 is 51.1 Å². The number of carbonyl (C=O) groups excluding carboxylic acids is 3. The Morgan fingerprint density at radius 2 is 1.55 bits per heavy atom. The second-order valence-electron chi connectivity index (χ2n) is 23.4. The highest BCUT2D eigenvalue weighted by atomic mass is 19.1. The lowest BCUT2D eigenvalue weighted by molar-refractivity contribution is -0.134. The number of benzene rings is 3. The first kappa shape index (κ1) is 53.6. The van der Waals surface area contributed by atoms with Crippen LogP contribution < -0.4 is 24.6 Å². The third-order valence-electron chi connectivity index (χ3n) is 16.7. The summed E-state index contributed by atoms with van der Waals surface area (Å²) in [5.41, 5.74) is -0.472. The van der Waals surface area contributed by atoms with E-state index in [9.17, 15) is 14.4 Å². The van der Waals surface area contributed by atoms with Gasteiger partial charge in [0.05, 0.1) is 30.0 Å². The molecule has 78 heavy (non-hydrogen) atoms. The fourth-order valence-electron chi connectivity index (χ4n) is 12.5. The molecule has 20 heteroatoms. The highest BCUT2D eigenvalue weighted by Crippen LogP contribution is 2.48. The molecule has 1 saturated carbocycles. The number of amides is 3. The number of nitrogens with zero attached hydrogens (tertiary/aromatic N) is 8. The van der Waals surface area contributed by atoms with E-state index in [-0.39, 0.29) is 79.2 Å². The van der Waals surface area contributed by atoms with Gasteiger partial charge in [0.2, 0.25) is 11.8 Å². The van der Waals surface area contributed by atoms with Crippen LogP contribution in [0.15, 0.2) is 48.7 Å². The van der Waals surface area contributed by atoms with Crippen LogP contribution in [0, 0.1) is 22.9 Å². The number of hydrogen-bond donors (Lipinski definition) is 1. The van der Waals surface area contributed by atoms with E-state index in [4.69, 9.17) is 33.9 Å². The summed E-state index contributed by atoms with van der Waals surface area (Å²) in [6, 6.07) is 11.9. The maximum Gasteiger partial charge on any atom is 0.410 e. The van der Waals surface area contributed by atoms with Crippen LogP contribution in [0.5, 0.6) is 11.8 Å². The number of halogens is 4. The summed E-state index contributed by atoms with van der Waals surface area (Å²) >= 11 is 0. The minimum absolute atomic E-state index is 0.00864. The van der Waals surface area contributed by atoms with Crippen molar-refractivity contribution in [3.05, 3.63) is 77.2 Å². The number of rotatable bonds is 15. The van der Waals surface area contributed by atoms with E-state index in [1.165, 1.54) is 12.1 Å². The van der Waals surface area contributed by atoms with Crippen LogP contribution in [-0.2, 0) is 25.5 Å². The number of imide groups is 1. The summed E-state index contributed by atoms with van der Waals surface area (Å²) in [5, 5.41) is 4.33. The van der Waals surface area contributed by atoms with Crippen LogP contribution in [0.25, 0.3) is 32.9 Å². The number of fused-ring (bicyclic) bond motifs is 4. The van der Waals surface area contributed by atoms with Gasteiger partial charge in [-0.15, -0.1) is 0 Å². The van der Waals surface area contributed by atoms with E-state index in [2.05, 4.69) is 26.9 Å². The van der Waals surface area contributed by atoms with Gasteiger partial charge in [0, 0.05) is 107 Å². The maximum atomic E-state index is 17.7. The lowest BCUT2D eigenvalue weighted by Crippen LogP contribution is -2.57. The molecule has 0 spiro atoms. The third-order valence-corrected chi connectivity index (χ3v) is 16.7. The van der Waals surface area contributed by atoms with Crippen LogP contribution in [-0.4, -0.2) is 157 Å². The monoisotopic (exact) mass is 1080 g/mol. The minimum atomic E-state index is -1.40. The molecule has 2 bridgehead atoms. The largest absolute Gasteiger partial charge is 0.468 e. The summed E-state index contributed by atoms with van der Waals surface area (Å²) in [6.45, 7) is 12.9. The van der Waals surface area contributed by atoms with E-state index >= 15 is 17.6 Å². The fraction of sp³-hybridized carbons (Fsp3) is 0.552. The maximum absolute atomic E-state index is 17.7. The van der Waals surface area contributed by atoms with Crippen molar-refractivity contribution in [2.45, 2.75) is 115 Å². The molecule has 5 aliphatic heterocycles. The van der Waals surface area contributed by atoms with Gasteiger partial charge in [0.25, 0.3) is 0 Å². The van der Waals surface area contributed by atoms with Crippen molar-refractivity contribution < 1.29 is 50.9 Å². The smallest absolute Gasteiger partial charge is 0.410 e. The lowest BCUT2D eigenvalue weighted by Gasteiger charge is -2.43. The molecule has 7 heterocycles. The average molecular weight is 1080 g/mol. The number of hydrogen-bond acceptors (Lipinski definition) is 14. The van der Waals surface area contributed by atoms with Gasteiger partial charge in [-0.1, -0.05) is 25.1 Å². The number of aryl methyl sites for hydroxylation is 1. The summed E-state index contributed by atoms with van der Waals surface area (Å²) in [6.07, 6.45) is 6.15. The molecule has 416 valence electrons. The Morgan fingerprint density at radius 3 is 2.21 bits per heavy atom. The second-order valence-corrected chi connectivity index (χ2v) is 23.4. The molecule has 1 aliphatic carbocycles. The van der Waals surface area contributed by atoms with Gasteiger partial charge < -0.3 is 33.6 Å². The Hall–Kier alpha value is -6.38. The number of pyridine rings is 1. The first-order valence-corrected chi connectivity index (χ1v) is 27.5. The number of piperidine rings is 2. The van der Waals surface area contributed by atoms with Crippen molar-refractivity contribution in [3.63, 3.8) is 0 Å². The molecule has 11 rings (SSSR count). The summed E-state index contributed by atoms with van der Waals surface area (Å²) in [7, 11) is 1.54. The van der Waals surface area contributed by atoms with Crippen LogP contribution in [0.3, 0.4) is 0 Å². The Bertz CT molecular complexity index is 3080. The van der Waals surface area contributed by atoms with Crippen LogP contribution in [0.1, 0.15) is 96.1 Å². The number of alkyl halides is 1. The molecule has 3 atom stereocenters. The lowest BCUT2D eigenvalue weighted by atomic mass is 9.89. The zero-order valence-corrected chi connectivity index (χ0v) is 45.1. The first-order valence-electron chi connectivity index (χ1n) is 27.5. The highest BCUT2D eigenvalue weighted by molar-refractivity contribution is 6.02. The number of carbonyl (C=O) groups is 3. The van der Waals surface area contributed by atoms with Gasteiger partial charge >= 0.3 is 12.1 Å². The zero-order valence-electron chi connectivity index (χ0n) is 45.1. The molecule has 3 unspecified atom stereocenters. The summed E-state index contributed by atoms with van der Waals surface area (Å²) in [5.74, 6) is -3.50. The number of ether oxygens (including phenoxy) is 4. The van der Waals surface area contributed by atoms with Crippen molar-refractivity contribution in [3.8, 4) is 23.0 Å². The van der Waals surface area contributed by atoms with Gasteiger partial charge in [0.1, 0.15) is 45.7 Å². The van der Waals surface area contributed by atoms with E-state index in [0.717, 1.165) is 42.0 Å². The topological polar surface area (TPSA) is 155 Å². The normalized spacial score (nSPS) is 22.5. The Kier molecular flexibility index (Phi) is 14.7. The number of piperazine rings is 2. The minimum Gasteiger partial charge on any atom is -0.468 e. The predicted octanol–water partition coefficient (Wildman–Crippen LogP) is 8.70. The zero-order chi connectivity index (χ0) is 54.7. The quantitative estimate of drug-likeness (QED) is 0.0604. The fourth-order valence-corrected chi connectivity index (χ4v) is 12.5. The van der Waals surface area contributed by atoms with Crippen molar-refractivity contribution in [2.75, 3.05) is 95.8 Å². The molecular weight excluding hydrogens is 1010 g/mol. The highest BCUT2D eigenvalue weighted by Gasteiger charge is 2.48. The summed E-state index contributed by atoms with van der Waals surface area (Å²) in [4.78, 5) is 62.4. The van der Waals surface area contributed by atoms with Gasteiger partial charge in [-0.25, -0.2) is 22.4 Å². The molecule has 2 aromatic heterocycles. The molecule has 1 N–H and O–H groups in total. The molecule has 6 aliphatic rings. The van der Waals surface area contributed by atoms with Crippen LogP contribution in [0.4, 0.5) is 33.9 Å². The van der Waals surface area contributed by atoms with E-state index in [1.54, 1.807) is 19.4 Å².